The van der Waals surface area contributed by atoms with Gasteiger partial charge in [-0.1, -0.05) is 54.1 Å². The second kappa shape index (κ2) is 6.96. The number of hydrogen-bond acceptors (Lipinski definition) is 1. The second-order valence-corrected chi connectivity index (χ2v) is 5.23. The summed E-state index contributed by atoms with van der Waals surface area (Å²) in [5.41, 5.74) is 1.42. The van der Waals surface area contributed by atoms with Crippen LogP contribution in [0.3, 0.4) is 0 Å². The molecule has 1 atom stereocenters. The number of alkyl halides is 3. The highest BCUT2D eigenvalue weighted by Crippen LogP contribution is 2.23. The van der Waals surface area contributed by atoms with Gasteiger partial charge < -0.3 is 5.32 Å². The lowest BCUT2D eigenvalue weighted by Gasteiger charge is -2.22. The van der Waals surface area contributed by atoms with Gasteiger partial charge in [0.2, 0.25) is 0 Å². The van der Waals surface area contributed by atoms with Crippen LogP contribution < -0.4 is 5.32 Å². The van der Waals surface area contributed by atoms with E-state index in [0.717, 1.165) is 5.56 Å². The smallest absolute Gasteiger partial charge is 0.302 e. The van der Waals surface area contributed by atoms with E-state index in [4.69, 9.17) is 11.6 Å². The largest absolute Gasteiger partial charge is 0.404 e. The van der Waals surface area contributed by atoms with Crippen LogP contribution in [0.2, 0.25) is 5.02 Å². The molecule has 0 fully saturated rings. The van der Waals surface area contributed by atoms with Gasteiger partial charge in [0.1, 0.15) is 6.04 Å². The Morgan fingerprint density at radius 1 is 0.905 bits per heavy atom. The third-order valence-electron chi connectivity index (χ3n) is 3.14. The molecule has 0 radical (unpaired) electrons. The van der Waals surface area contributed by atoms with Crippen molar-refractivity contribution in [2.75, 3.05) is 0 Å². The normalized spacial score (nSPS) is 13.1. The minimum absolute atomic E-state index is 0.0854. The van der Waals surface area contributed by atoms with Gasteiger partial charge in [-0.3, -0.25) is 0 Å². The number of benzene rings is 2. The fourth-order valence-electron chi connectivity index (χ4n) is 2.00. The van der Waals surface area contributed by atoms with Gasteiger partial charge in [0.15, 0.2) is 0 Å². The molecule has 0 amide bonds. The van der Waals surface area contributed by atoms with Crippen molar-refractivity contribution in [3.8, 4) is 0 Å². The minimum atomic E-state index is -4.29. The summed E-state index contributed by atoms with van der Waals surface area (Å²) in [6.07, 6.45) is -4.37. The van der Waals surface area contributed by atoms with Crippen molar-refractivity contribution in [2.45, 2.75) is 25.2 Å². The Balaban J connectivity index is 2.02. The van der Waals surface area contributed by atoms with Crippen LogP contribution >= 0.6 is 11.6 Å². The summed E-state index contributed by atoms with van der Waals surface area (Å²) in [4.78, 5) is 0. The molecule has 2 rings (SSSR count). The van der Waals surface area contributed by atoms with Gasteiger partial charge >= 0.3 is 6.18 Å². The lowest BCUT2D eigenvalue weighted by atomic mass is 10.1. The highest BCUT2D eigenvalue weighted by Gasteiger charge is 2.39. The highest BCUT2D eigenvalue weighted by molar-refractivity contribution is 6.30. The van der Waals surface area contributed by atoms with Crippen LogP contribution in [-0.2, 0) is 13.0 Å². The zero-order valence-electron chi connectivity index (χ0n) is 11.2. The van der Waals surface area contributed by atoms with E-state index in [1.54, 1.807) is 54.6 Å². The second-order valence-electron chi connectivity index (χ2n) is 4.79. The van der Waals surface area contributed by atoms with E-state index in [1.165, 1.54) is 0 Å². The fourth-order valence-corrected chi connectivity index (χ4v) is 2.12. The molecular formula is C16H15ClF3N. The Bertz CT molecular complexity index is 552. The molecule has 112 valence electrons. The molecule has 5 heteroatoms. The van der Waals surface area contributed by atoms with Crippen molar-refractivity contribution in [3.05, 3.63) is 70.7 Å². The summed E-state index contributed by atoms with van der Waals surface area (Å²) >= 11 is 5.75. The first-order chi connectivity index (χ1) is 9.95. The molecule has 2 aromatic rings. The predicted octanol–water partition coefficient (Wildman–Crippen LogP) is 4.60. The number of halogens is 4. The molecule has 0 aliphatic carbocycles. The molecule has 0 aromatic heterocycles. The first-order valence-corrected chi connectivity index (χ1v) is 6.91. The van der Waals surface area contributed by atoms with Crippen molar-refractivity contribution in [1.82, 2.24) is 5.32 Å². The zero-order chi connectivity index (χ0) is 15.3. The standard InChI is InChI=1S/C16H15ClF3N/c17-14-8-6-13(7-9-14)11-21-15(16(18,19)20)10-12-4-2-1-3-5-12/h1-9,15,21H,10-11H2. The van der Waals surface area contributed by atoms with Gasteiger partial charge in [-0.15, -0.1) is 0 Å². The van der Waals surface area contributed by atoms with Crippen molar-refractivity contribution in [3.63, 3.8) is 0 Å². The molecule has 0 heterocycles. The van der Waals surface area contributed by atoms with E-state index < -0.39 is 12.2 Å². The molecule has 0 spiro atoms. The van der Waals surface area contributed by atoms with Gasteiger partial charge in [-0.25, -0.2) is 0 Å². The van der Waals surface area contributed by atoms with E-state index in [0.29, 0.717) is 10.6 Å². The Labute approximate surface area is 126 Å². The number of rotatable bonds is 5. The molecule has 1 nitrogen and oxygen atoms in total. The maximum absolute atomic E-state index is 13.1. The fraction of sp³-hybridized carbons (Fsp3) is 0.250. The Hall–Kier alpha value is -1.52. The molecule has 0 saturated carbocycles. The van der Waals surface area contributed by atoms with Gasteiger partial charge in [0.05, 0.1) is 0 Å². The lowest BCUT2D eigenvalue weighted by molar-refractivity contribution is -0.155. The van der Waals surface area contributed by atoms with Gasteiger partial charge in [-0.05, 0) is 29.7 Å². The topological polar surface area (TPSA) is 12.0 Å². The van der Waals surface area contributed by atoms with Crippen molar-refractivity contribution in [2.24, 2.45) is 0 Å². The lowest BCUT2D eigenvalue weighted by Crippen LogP contribution is -2.43. The summed E-state index contributed by atoms with van der Waals surface area (Å²) in [7, 11) is 0. The Morgan fingerprint density at radius 2 is 1.52 bits per heavy atom. The minimum Gasteiger partial charge on any atom is -0.302 e. The summed E-state index contributed by atoms with van der Waals surface area (Å²) in [5.74, 6) is 0. The van der Waals surface area contributed by atoms with Crippen LogP contribution in [0.5, 0.6) is 0 Å². The summed E-state index contributed by atoms with van der Waals surface area (Å²) in [6, 6.07) is 13.8. The molecule has 21 heavy (non-hydrogen) atoms. The van der Waals surface area contributed by atoms with Crippen molar-refractivity contribution in [1.29, 1.82) is 0 Å². The average Bonchev–Trinajstić information content (AvgIpc) is 2.45. The maximum atomic E-state index is 13.1. The molecule has 2 aromatic carbocycles. The van der Waals surface area contributed by atoms with Crippen LogP contribution in [0.25, 0.3) is 0 Å². The summed E-state index contributed by atoms with van der Waals surface area (Å²) in [6.45, 7) is 0.147. The first-order valence-electron chi connectivity index (χ1n) is 6.53. The van der Waals surface area contributed by atoms with Crippen LogP contribution in [-0.4, -0.2) is 12.2 Å². The average molecular weight is 314 g/mol. The van der Waals surface area contributed by atoms with Gasteiger partial charge in [-0.2, -0.15) is 13.2 Å². The maximum Gasteiger partial charge on any atom is 0.404 e. The zero-order valence-corrected chi connectivity index (χ0v) is 12.0. The molecule has 0 saturated heterocycles. The summed E-state index contributed by atoms with van der Waals surface area (Å²) < 4.78 is 39.3. The SMILES string of the molecule is FC(F)(F)C(Cc1ccccc1)NCc1ccc(Cl)cc1. The quantitative estimate of drug-likeness (QED) is 0.850. The monoisotopic (exact) mass is 313 g/mol. The van der Waals surface area contributed by atoms with Crippen LogP contribution in [0.15, 0.2) is 54.6 Å². The van der Waals surface area contributed by atoms with E-state index in [-0.39, 0.29) is 13.0 Å². The number of nitrogens with one attached hydrogen (secondary N) is 1. The molecule has 1 unspecified atom stereocenters. The predicted molar refractivity (Wildman–Crippen MR) is 78.3 cm³/mol. The first kappa shape index (κ1) is 15.9. The molecule has 0 aliphatic rings. The third-order valence-corrected chi connectivity index (χ3v) is 3.40. The third kappa shape index (κ3) is 5.06. The van der Waals surface area contributed by atoms with Crippen LogP contribution in [0.1, 0.15) is 11.1 Å². The van der Waals surface area contributed by atoms with Gasteiger partial charge in [0.25, 0.3) is 0 Å². The molecular weight excluding hydrogens is 299 g/mol. The van der Waals surface area contributed by atoms with E-state index in [9.17, 15) is 13.2 Å². The summed E-state index contributed by atoms with van der Waals surface area (Å²) in [5, 5.41) is 3.14. The Morgan fingerprint density at radius 3 is 2.10 bits per heavy atom. The highest BCUT2D eigenvalue weighted by atomic mass is 35.5. The molecule has 0 aliphatic heterocycles. The van der Waals surface area contributed by atoms with Crippen LogP contribution in [0, 0.1) is 0 Å². The van der Waals surface area contributed by atoms with E-state index in [2.05, 4.69) is 5.32 Å². The van der Waals surface area contributed by atoms with Crippen molar-refractivity contribution < 1.29 is 13.2 Å². The van der Waals surface area contributed by atoms with E-state index >= 15 is 0 Å². The Kier molecular flexibility index (Phi) is 5.26. The van der Waals surface area contributed by atoms with Gasteiger partial charge in [0, 0.05) is 11.6 Å². The number of hydrogen-bond donors (Lipinski definition) is 1. The molecule has 1 N–H and O–H groups in total. The van der Waals surface area contributed by atoms with Crippen LogP contribution in [0.4, 0.5) is 13.2 Å². The van der Waals surface area contributed by atoms with E-state index in [1.807, 2.05) is 0 Å². The molecule has 0 bridgehead atoms. The van der Waals surface area contributed by atoms with Crippen molar-refractivity contribution >= 4 is 11.6 Å².